The lowest BCUT2D eigenvalue weighted by molar-refractivity contribution is -0.107. The lowest BCUT2D eigenvalue weighted by atomic mass is 10.1. The highest BCUT2D eigenvalue weighted by atomic mass is 32.2. The van der Waals surface area contributed by atoms with Crippen molar-refractivity contribution < 1.29 is 9.90 Å². The average Bonchev–Trinajstić information content (AvgIpc) is 2.72. The summed E-state index contributed by atoms with van der Waals surface area (Å²) in [5.74, 6) is 0.263. The first-order valence-corrected chi connectivity index (χ1v) is 9.24. The molecule has 3 heteroatoms. The lowest BCUT2D eigenvalue weighted by Crippen LogP contribution is -2.01. The molecule has 0 amide bonds. The Morgan fingerprint density at radius 3 is 2.13 bits per heavy atom. The number of carbonyl (C=O) groups is 1. The van der Waals surface area contributed by atoms with Crippen LogP contribution < -0.4 is 0 Å². The second kappa shape index (κ2) is 9.82. The van der Waals surface area contributed by atoms with E-state index in [1.54, 1.807) is 6.92 Å². The minimum atomic E-state index is -0.0844. The van der Waals surface area contributed by atoms with Crippen molar-refractivity contribution in [2.45, 2.75) is 72.0 Å². The Morgan fingerprint density at radius 2 is 1.61 bits per heavy atom. The van der Waals surface area contributed by atoms with Crippen molar-refractivity contribution >= 4 is 16.9 Å². The zero-order valence-corrected chi connectivity index (χ0v) is 15.9. The molecular formula is C20H30O2S. The Morgan fingerprint density at radius 1 is 1.04 bits per heavy atom. The number of carbonyl (C=O) groups excluding carboxylic acids is 1. The third-order valence-electron chi connectivity index (χ3n) is 4.05. The van der Waals surface area contributed by atoms with E-state index < -0.39 is 0 Å². The predicted molar refractivity (Wildman–Crippen MR) is 102 cm³/mol. The smallest absolute Gasteiger partial charge is 0.219 e. The minimum Gasteiger partial charge on any atom is -0.511 e. The zero-order valence-electron chi connectivity index (χ0n) is 15.1. The molecule has 0 radical (unpaired) electrons. The molecule has 0 bridgehead atoms. The van der Waals surface area contributed by atoms with Gasteiger partial charge < -0.3 is 5.11 Å². The number of hydrogen-bond acceptors (Lipinski definition) is 3. The van der Waals surface area contributed by atoms with Crippen LogP contribution in [0.15, 0.2) is 46.3 Å². The highest BCUT2D eigenvalue weighted by Gasteiger charge is 2.29. The second-order valence-electron chi connectivity index (χ2n) is 6.60. The monoisotopic (exact) mass is 334 g/mol. The number of thioether (sulfide) groups is 1. The maximum Gasteiger partial charge on any atom is 0.219 e. The van der Waals surface area contributed by atoms with Gasteiger partial charge >= 0.3 is 0 Å². The minimum absolute atomic E-state index is 0.00785. The van der Waals surface area contributed by atoms with E-state index in [-0.39, 0.29) is 16.1 Å². The summed E-state index contributed by atoms with van der Waals surface area (Å²) in [6.07, 6.45) is 11.8. The lowest BCUT2D eigenvalue weighted by Gasteiger charge is -2.07. The quantitative estimate of drug-likeness (QED) is 0.531. The van der Waals surface area contributed by atoms with Crippen molar-refractivity contribution in [2.75, 3.05) is 0 Å². The fraction of sp³-hybridized carbons (Fsp3) is 0.550. The number of hydrogen-bond donors (Lipinski definition) is 1. The first-order chi connectivity index (χ1) is 10.8. The van der Waals surface area contributed by atoms with Crippen LogP contribution in [0.2, 0.25) is 0 Å². The Bertz CT molecular complexity index is 546. The van der Waals surface area contributed by atoms with Crippen LogP contribution in [0.3, 0.4) is 0 Å². The maximum absolute atomic E-state index is 11.5. The molecule has 2 nitrogen and oxygen atoms in total. The fourth-order valence-electron chi connectivity index (χ4n) is 2.43. The topological polar surface area (TPSA) is 37.3 Å². The number of aliphatic hydroxyl groups is 1. The Labute approximate surface area is 145 Å². The summed E-state index contributed by atoms with van der Waals surface area (Å²) in [7, 11) is 0. The summed E-state index contributed by atoms with van der Waals surface area (Å²) in [4.78, 5) is 11.5. The van der Waals surface area contributed by atoms with E-state index in [4.69, 9.17) is 0 Å². The van der Waals surface area contributed by atoms with Crippen LogP contribution in [0, 0.1) is 0 Å². The van der Waals surface area contributed by atoms with E-state index in [0.29, 0.717) is 5.57 Å². The van der Waals surface area contributed by atoms with E-state index in [1.807, 2.05) is 0 Å². The van der Waals surface area contributed by atoms with Gasteiger partial charge in [-0.1, -0.05) is 46.7 Å². The van der Waals surface area contributed by atoms with Crippen molar-refractivity contribution in [2.24, 2.45) is 0 Å². The molecule has 0 spiro atoms. The van der Waals surface area contributed by atoms with E-state index in [9.17, 15) is 9.90 Å². The predicted octanol–water partition coefficient (Wildman–Crippen LogP) is 6.27. The molecule has 1 heterocycles. The molecule has 128 valence electrons. The molecule has 0 aromatic heterocycles. The van der Waals surface area contributed by atoms with Crippen molar-refractivity contribution in [3.05, 3.63) is 46.3 Å². The summed E-state index contributed by atoms with van der Waals surface area (Å²) < 4.78 is 0. The van der Waals surface area contributed by atoms with Gasteiger partial charge in [0.15, 0.2) is 0 Å². The largest absolute Gasteiger partial charge is 0.511 e. The van der Waals surface area contributed by atoms with Gasteiger partial charge in [0, 0.05) is 5.57 Å². The van der Waals surface area contributed by atoms with Gasteiger partial charge in [-0.15, -0.1) is 0 Å². The summed E-state index contributed by atoms with van der Waals surface area (Å²) >= 11 is 1.24. The summed E-state index contributed by atoms with van der Waals surface area (Å²) in [6.45, 7) is 10.3. The Hall–Kier alpha value is -1.22. The summed E-state index contributed by atoms with van der Waals surface area (Å²) in [6, 6.07) is 0. The Kier molecular flexibility index (Phi) is 8.46. The molecule has 1 aliphatic rings. The van der Waals surface area contributed by atoms with E-state index >= 15 is 0 Å². The molecule has 0 aromatic rings. The molecule has 0 saturated carbocycles. The van der Waals surface area contributed by atoms with Gasteiger partial charge in [-0.3, -0.25) is 4.79 Å². The summed E-state index contributed by atoms with van der Waals surface area (Å²) in [5, 5.41) is 9.83. The highest BCUT2D eigenvalue weighted by Crippen LogP contribution is 2.34. The first-order valence-electron chi connectivity index (χ1n) is 8.36. The fourth-order valence-corrected chi connectivity index (χ4v) is 3.45. The second-order valence-corrected chi connectivity index (χ2v) is 7.78. The van der Waals surface area contributed by atoms with Gasteiger partial charge in [-0.05, 0) is 66.7 Å². The van der Waals surface area contributed by atoms with Gasteiger partial charge in [0.2, 0.25) is 5.12 Å². The van der Waals surface area contributed by atoms with E-state index in [2.05, 4.69) is 45.9 Å². The van der Waals surface area contributed by atoms with Crippen LogP contribution in [0.4, 0.5) is 0 Å². The Balaban J connectivity index is 2.35. The molecular weight excluding hydrogens is 304 g/mol. The molecule has 0 fully saturated rings. The number of allylic oxidation sites excluding steroid dienone is 6. The van der Waals surface area contributed by atoms with Gasteiger partial charge in [0.05, 0.1) is 5.25 Å². The molecule has 23 heavy (non-hydrogen) atoms. The molecule has 1 aliphatic heterocycles. The van der Waals surface area contributed by atoms with Crippen LogP contribution in [-0.2, 0) is 4.79 Å². The van der Waals surface area contributed by atoms with Crippen LogP contribution >= 0.6 is 11.8 Å². The molecule has 0 aliphatic carbocycles. The molecule has 1 N–H and O–H groups in total. The van der Waals surface area contributed by atoms with Gasteiger partial charge in [-0.25, -0.2) is 0 Å². The van der Waals surface area contributed by atoms with Crippen molar-refractivity contribution in [3.8, 4) is 0 Å². The van der Waals surface area contributed by atoms with Gasteiger partial charge in [-0.2, -0.15) is 0 Å². The van der Waals surface area contributed by atoms with Gasteiger partial charge in [0.1, 0.15) is 5.76 Å². The zero-order chi connectivity index (χ0) is 17.4. The van der Waals surface area contributed by atoms with Crippen LogP contribution in [0.25, 0.3) is 0 Å². The van der Waals surface area contributed by atoms with Crippen LogP contribution in [0.5, 0.6) is 0 Å². The van der Waals surface area contributed by atoms with E-state index in [0.717, 1.165) is 32.1 Å². The SMILES string of the molecule is CC(C)=CCCC(C)=CCCC(C)=CCC1SC(=O)C(C)=C1O. The molecule has 1 unspecified atom stereocenters. The van der Waals surface area contributed by atoms with Crippen molar-refractivity contribution in [1.29, 1.82) is 0 Å². The molecule has 0 saturated heterocycles. The number of aliphatic hydroxyl groups excluding tert-OH is 1. The van der Waals surface area contributed by atoms with Crippen molar-refractivity contribution in [1.82, 2.24) is 0 Å². The normalized spacial score (nSPS) is 19.5. The summed E-state index contributed by atoms with van der Waals surface area (Å²) in [5.41, 5.74) is 4.67. The van der Waals surface area contributed by atoms with E-state index in [1.165, 1.54) is 28.5 Å². The third-order valence-corrected chi connectivity index (χ3v) is 5.27. The maximum atomic E-state index is 11.5. The molecule has 1 rings (SSSR count). The molecule has 0 aromatic carbocycles. The van der Waals surface area contributed by atoms with Crippen molar-refractivity contribution in [3.63, 3.8) is 0 Å². The van der Waals surface area contributed by atoms with Crippen LogP contribution in [0.1, 0.15) is 66.7 Å². The highest BCUT2D eigenvalue weighted by molar-refractivity contribution is 8.15. The first kappa shape index (κ1) is 19.8. The standard InChI is InChI=1S/C20H30O2S/c1-14(2)8-6-9-15(3)10-7-11-16(4)12-13-18-19(21)17(5)20(22)23-18/h8,10,12,18,21H,6-7,9,11,13H2,1-5H3. The van der Waals surface area contributed by atoms with Crippen LogP contribution in [-0.4, -0.2) is 15.5 Å². The third kappa shape index (κ3) is 7.26. The average molecular weight is 335 g/mol. The molecule has 1 atom stereocenters. The number of rotatable bonds is 8. The van der Waals surface area contributed by atoms with Gasteiger partial charge in [0.25, 0.3) is 0 Å².